The molecule has 4 amide bonds. The number of esters is 2. The van der Waals surface area contributed by atoms with Gasteiger partial charge in [-0.1, -0.05) is 6.07 Å². The first-order valence-corrected chi connectivity index (χ1v) is 10.2. The van der Waals surface area contributed by atoms with Crippen molar-refractivity contribution in [1.82, 2.24) is 10.6 Å². The lowest BCUT2D eigenvalue weighted by molar-refractivity contribution is -0.144. The summed E-state index contributed by atoms with van der Waals surface area (Å²) in [6.45, 7) is 9.20. The number of benzene rings is 1. The third-order valence-corrected chi connectivity index (χ3v) is 4.05. The Labute approximate surface area is 182 Å². The van der Waals surface area contributed by atoms with Crippen molar-refractivity contribution in [2.45, 2.75) is 59.5 Å². The molecule has 0 radical (unpaired) electrons. The molecular formula is C21H32N4O6. The summed E-state index contributed by atoms with van der Waals surface area (Å²) in [5.74, 6) is -0.777. The predicted octanol–water partition coefficient (Wildman–Crippen LogP) is 2.92. The van der Waals surface area contributed by atoms with Gasteiger partial charge >= 0.3 is 24.0 Å². The third-order valence-electron chi connectivity index (χ3n) is 4.05. The molecule has 0 bridgehead atoms. The Kier molecular flexibility index (Phi) is 10.9. The number of carbonyl (C=O) groups excluding carboxylic acids is 4. The van der Waals surface area contributed by atoms with Gasteiger partial charge in [0.1, 0.15) is 0 Å². The Morgan fingerprint density at radius 3 is 1.81 bits per heavy atom. The summed E-state index contributed by atoms with van der Waals surface area (Å²) in [6.07, 6.45) is 0.123. The van der Waals surface area contributed by atoms with E-state index in [4.69, 9.17) is 9.47 Å². The van der Waals surface area contributed by atoms with E-state index in [1.165, 1.54) is 0 Å². The normalized spacial score (nSPS) is 12.2. The lowest BCUT2D eigenvalue weighted by Gasteiger charge is -2.17. The maximum Gasteiger partial charge on any atom is 0.319 e. The monoisotopic (exact) mass is 436 g/mol. The van der Waals surface area contributed by atoms with Crippen molar-refractivity contribution in [3.05, 3.63) is 23.8 Å². The van der Waals surface area contributed by atoms with Gasteiger partial charge in [-0.2, -0.15) is 0 Å². The van der Waals surface area contributed by atoms with Crippen LogP contribution in [0.4, 0.5) is 21.0 Å². The van der Waals surface area contributed by atoms with Crippen LogP contribution in [0.2, 0.25) is 0 Å². The first-order valence-electron chi connectivity index (χ1n) is 10.2. The van der Waals surface area contributed by atoms with Crippen molar-refractivity contribution in [1.29, 1.82) is 0 Å². The van der Waals surface area contributed by atoms with Crippen molar-refractivity contribution in [2.24, 2.45) is 0 Å². The number of nitrogens with one attached hydrogen (secondary N) is 4. The second kappa shape index (κ2) is 13.1. The highest BCUT2D eigenvalue weighted by atomic mass is 16.5. The Hall–Kier alpha value is -3.30. The summed E-state index contributed by atoms with van der Waals surface area (Å²) in [4.78, 5) is 47.4. The van der Waals surface area contributed by atoms with E-state index in [-0.39, 0.29) is 38.0 Å². The first kappa shape index (κ1) is 25.7. The summed E-state index contributed by atoms with van der Waals surface area (Å²) in [7, 11) is 0. The second-order valence-electron chi connectivity index (χ2n) is 7.05. The number of hydrogen-bond acceptors (Lipinski definition) is 6. The van der Waals surface area contributed by atoms with Gasteiger partial charge in [-0.05, 0) is 52.3 Å². The van der Waals surface area contributed by atoms with Crippen molar-refractivity contribution < 1.29 is 28.7 Å². The fourth-order valence-corrected chi connectivity index (χ4v) is 2.65. The van der Waals surface area contributed by atoms with Gasteiger partial charge in [0.05, 0.1) is 26.1 Å². The van der Waals surface area contributed by atoms with Crippen LogP contribution in [0.15, 0.2) is 18.2 Å². The zero-order valence-electron chi connectivity index (χ0n) is 18.7. The summed E-state index contributed by atoms with van der Waals surface area (Å²) in [5.41, 5.74) is 1.74. The van der Waals surface area contributed by atoms with Crippen LogP contribution < -0.4 is 21.3 Å². The zero-order valence-corrected chi connectivity index (χ0v) is 18.7. The van der Waals surface area contributed by atoms with Gasteiger partial charge in [0, 0.05) is 23.5 Å². The van der Waals surface area contributed by atoms with Gasteiger partial charge in [-0.3, -0.25) is 9.59 Å². The molecule has 0 saturated carbocycles. The van der Waals surface area contributed by atoms with E-state index in [1.807, 2.05) is 6.92 Å². The summed E-state index contributed by atoms with van der Waals surface area (Å²) < 4.78 is 9.72. The largest absolute Gasteiger partial charge is 0.466 e. The van der Waals surface area contributed by atoms with Crippen molar-refractivity contribution in [3.8, 4) is 0 Å². The highest BCUT2D eigenvalue weighted by Crippen LogP contribution is 2.20. The van der Waals surface area contributed by atoms with Crippen LogP contribution in [0, 0.1) is 6.92 Å². The maximum absolute atomic E-state index is 12.2. The average Bonchev–Trinajstić information content (AvgIpc) is 2.64. The third kappa shape index (κ3) is 10.3. The molecule has 0 aliphatic rings. The molecule has 2 atom stereocenters. The fourth-order valence-electron chi connectivity index (χ4n) is 2.65. The molecule has 1 aromatic carbocycles. The highest BCUT2D eigenvalue weighted by Gasteiger charge is 2.15. The fraction of sp³-hybridized carbons (Fsp3) is 0.524. The van der Waals surface area contributed by atoms with Gasteiger partial charge in [0.15, 0.2) is 0 Å². The molecule has 0 heterocycles. The molecule has 0 saturated heterocycles. The SMILES string of the molecule is CCOC(=O)CC(C)NC(=O)Nc1ccc(C)c(NC(=O)NC(C)CC(=O)OCC)c1. The quantitative estimate of drug-likeness (QED) is 0.417. The van der Waals surface area contributed by atoms with Gasteiger partial charge < -0.3 is 30.7 Å². The Bertz CT molecular complexity index is 783. The molecule has 1 aromatic rings. The van der Waals surface area contributed by atoms with Crippen molar-refractivity contribution in [2.75, 3.05) is 23.8 Å². The van der Waals surface area contributed by atoms with Crippen LogP contribution in [0.3, 0.4) is 0 Å². The average molecular weight is 437 g/mol. The molecule has 10 heteroatoms. The molecule has 0 aliphatic heterocycles. The molecule has 0 fully saturated rings. The van der Waals surface area contributed by atoms with Crippen LogP contribution in [-0.4, -0.2) is 49.3 Å². The minimum absolute atomic E-state index is 0.0615. The number of carbonyl (C=O) groups is 4. The lowest BCUT2D eigenvalue weighted by Crippen LogP contribution is -2.38. The van der Waals surface area contributed by atoms with E-state index < -0.39 is 24.1 Å². The van der Waals surface area contributed by atoms with E-state index >= 15 is 0 Å². The van der Waals surface area contributed by atoms with Crippen LogP contribution in [-0.2, 0) is 19.1 Å². The summed E-state index contributed by atoms with van der Waals surface area (Å²) in [5, 5.41) is 10.7. The minimum Gasteiger partial charge on any atom is -0.466 e. The summed E-state index contributed by atoms with van der Waals surface area (Å²) in [6, 6.07) is 3.26. The number of ether oxygens (including phenoxy) is 2. The predicted molar refractivity (Wildman–Crippen MR) is 117 cm³/mol. The van der Waals surface area contributed by atoms with E-state index in [1.54, 1.807) is 45.9 Å². The van der Waals surface area contributed by atoms with Crippen molar-refractivity contribution >= 4 is 35.4 Å². The molecule has 0 aromatic heterocycles. The molecule has 2 unspecified atom stereocenters. The van der Waals surface area contributed by atoms with Crippen LogP contribution in [0.1, 0.15) is 46.1 Å². The number of rotatable bonds is 10. The molecule has 172 valence electrons. The van der Waals surface area contributed by atoms with Crippen molar-refractivity contribution in [3.63, 3.8) is 0 Å². The molecule has 0 spiro atoms. The Morgan fingerprint density at radius 1 is 0.839 bits per heavy atom. The van der Waals surface area contributed by atoms with E-state index in [0.717, 1.165) is 5.56 Å². The molecule has 0 aliphatic carbocycles. The van der Waals surface area contributed by atoms with Crippen LogP contribution in [0.5, 0.6) is 0 Å². The van der Waals surface area contributed by atoms with Gasteiger partial charge in [0.25, 0.3) is 0 Å². The number of aryl methyl sites for hydroxylation is 1. The lowest BCUT2D eigenvalue weighted by atomic mass is 10.2. The number of hydrogen-bond donors (Lipinski definition) is 4. The standard InChI is InChI=1S/C21H32N4O6/c1-6-30-18(26)10-14(4)22-20(28)24-16-9-8-13(3)17(12-16)25-21(29)23-15(5)11-19(27)31-7-2/h8-9,12,14-15H,6-7,10-11H2,1-5H3,(H2,22,24,28)(H2,23,25,29). The van der Waals surface area contributed by atoms with E-state index in [2.05, 4.69) is 21.3 Å². The molecule has 4 N–H and O–H groups in total. The molecule has 31 heavy (non-hydrogen) atoms. The summed E-state index contributed by atoms with van der Waals surface area (Å²) >= 11 is 0. The van der Waals surface area contributed by atoms with Gasteiger partial charge in [-0.15, -0.1) is 0 Å². The van der Waals surface area contributed by atoms with E-state index in [9.17, 15) is 19.2 Å². The first-order chi connectivity index (χ1) is 14.6. The van der Waals surface area contributed by atoms with Gasteiger partial charge in [-0.25, -0.2) is 9.59 Å². The topological polar surface area (TPSA) is 135 Å². The maximum atomic E-state index is 12.2. The van der Waals surface area contributed by atoms with Crippen LogP contribution >= 0.6 is 0 Å². The Morgan fingerprint density at radius 2 is 1.32 bits per heavy atom. The number of anilines is 2. The smallest absolute Gasteiger partial charge is 0.319 e. The van der Waals surface area contributed by atoms with Gasteiger partial charge in [0.2, 0.25) is 0 Å². The zero-order chi connectivity index (χ0) is 23.4. The highest BCUT2D eigenvalue weighted by molar-refractivity contribution is 5.94. The molecule has 1 rings (SSSR count). The second-order valence-corrected chi connectivity index (χ2v) is 7.05. The number of amides is 4. The van der Waals surface area contributed by atoms with E-state index in [0.29, 0.717) is 11.4 Å². The molecule has 10 nitrogen and oxygen atoms in total. The molecular weight excluding hydrogens is 404 g/mol. The number of urea groups is 2. The minimum atomic E-state index is -0.487. The van der Waals surface area contributed by atoms with Crippen LogP contribution in [0.25, 0.3) is 0 Å². The Balaban J connectivity index is 2.62.